The minimum Gasteiger partial charge on any atom is -0.492 e. The number of amides is 1. The van der Waals surface area contributed by atoms with Gasteiger partial charge in [0.2, 0.25) is 5.91 Å². The molecule has 7 heteroatoms. The Hall–Kier alpha value is -1.51. The van der Waals surface area contributed by atoms with Gasteiger partial charge in [0, 0.05) is 20.1 Å². The van der Waals surface area contributed by atoms with Gasteiger partial charge in [-0.3, -0.25) is 9.79 Å². The Bertz CT molecular complexity index is 588. The molecule has 27 heavy (non-hydrogen) atoms. The number of aliphatic imine (C=N–C) groups is 1. The van der Waals surface area contributed by atoms with Crippen LogP contribution in [-0.4, -0.2) is 56.6 Å². The molecule has 0 atom stereocenters. The molecule has 0 unspecified atom stereocenters. The first-order valence-corrected chi connectivity index (χ1v) is 9.27. The van der Waals surface area contributed by atoms with Gasteiger partial charge in [0.15, 0.2) is 5.96 Å². The van der Waals surface area contributed by atoms with Crippen LogP contribution in [0.25, 0.3) is 0 Å². The highest BCUT2D eigenvalue weighted by molar-refractivity contribution is 14.0. The molecule has 0 bridgehead atoms. The third-order valence-electron chi connectivity index (χ3n) is 3.99. The van der Waals surface area contributed by atoms with Crippen LogP contribution in [0.2, 0.25) is 0 Å². The number of guanidine groups is 1. The summed E-state index contributed by atoms with van der Waals surface area (Å²) < 4.78 is 5.79. The van der Waals surface area contributed by atoms with Gasteiger partial charge in [-0.05, 0) is 46.8 Å². The molecule has 0 saturated heterocycles. The largest absolute Gasteiger partial charge is 0.492 e. The van der Waals surface area contributed by atoms with E-state index in [4.69, 9.17) is 4.74 Å². The number of hydrogen-bond donors (Lipinski definition) is 2. The molecule has 0 fully saturated rings. The second-order valence-electron chi connectivity index (χ2n) is 7.00. The molecule has 0 saturated carbocycles. The molecule has 6 nitrogen and oxygen atoms in total. The number of ether oxygens (including phenoxy) is 1. The number of halogens is 1. The summed E-state index contributed by atoms with van der Waals surface area (Å²) in [4.78, 5) is 18.8. The standard InChI is InChI=1S/C20H34N4O2.HI/c1-7-21-18(25)20(4,5)15-23-19(22-8-2)24(6)13-14-26-17-11-9-16(3)10-12-17;/h9-12H,7-8,13-15H2,1-6H3,(H,21,25)(H,22,23);1H. The van der Waals surface area contributed by atoms with E-state index in [0.29, 0.717) is 26.2 Å². The lowest BCUT2D eigenvalue weighted by atomic mass is 9.92. The second kappa shape index (κ2) is 12.8. The number of nitrogens with zero attached hydrogens (tertiary/aromatic N) is 2. The van der Waals surface area contributed by atoms with Crippen LogP contribution in [0.3, 0.4) is 0 Å². The van der Waals surface area contributed by atoms with Gasteiger partial charge in [-0.2, -0.15) is 0 Å². The average Bonchev–Trinajstić information content (AvgIpc) is 2.60. The fourth-order valence-electron chi connectivity index (χ4n) is 2.25. The van der Waals surface area contributed by atoms with Crippen molar-refractivity contribution in [3.63, 3.8) is 0 Å². The molecule has 0 spiro atoms. The molecule has 154 valence electrons. The van der Waals surface area contributed by atoms with E-state index >= 15 is 0 Å². The number of nitrogens with one attached hydrogen (secondary N) is 2. The first kappa shape index (κ1) is 25.5. The lowest BCUT2D eigenvalue weighted by Gasteiger charge is -2.25. The van der Waals surface area contributed by atoms with E-state index in [9.17, 15) is 4.79 Å². The molecule has 0 heterocycles. The van der Waals surface area contributed by atoms with Crippen molar-refractivity contribution in [2.24, 2.45) is 10.4 Å². The van der Waals surface area contributed by atoms with Gasteiger partial charge in [0.05, 0.1) is 18.5 Å². The molecule has 0 aliphatic rings. The minimum atomic E-state index is -0.546. The minimum absolute atomic E-state index is 0. The van der Waals surface area contributed by atoms with Crippen LogP contribution in [0.15, 0.2) is 29.3 Å². The third kappa shape index (κ3) is 9.30. The fraction of sp³-hybridized carbons (Fsp3) is 0.600. The number of carbonyl (C=O) groups is 1. The summed E-state index contributed by atoms with van der Waals surface area (Å²) >= 11 is 0. The van der Waals surface area contributed by atoms with Crippen LogP contribution in [-0.2, 0) is 4.79 Å². The van der Waals surface area contributed by atoms with Crippen LogP contribution in [0.4, 0.5) is 0 Å². The Labute approximate surface area is 181 Å². The summed E-state index contributed by atoms with van der Waals surface area (Å²) in [6.45, 7) is 12.9. The third-order valence-corrected chi connectivity index (χ3v) is 3.99. The van der Waals surface area contributed by atoms with Gasteiger partial charge in [0.25, 0.3) is 0 Å². The number of benzene rings is 1. The Morgan fingerprint density at radius 3 is 2.30 bits per heavy atom. The normalized spacial score (nSPS) is 11.4. The van der Waals surface area contributed by atoms with Crippen molar-refractivity contribution in [2.75, 3.05) is 39.8 Å². The van der Waals surface area contributed by atoms with Crippen molar-refractivity contribution in [2.45, 2.75) is 34.6 Å². The lowest BCUT2D eigenvalue weighted by Crippen LogP contribution is -2.43. The lowest BCUT2D eigenvalue weighted by molar-refractivity contribution is -0.128. The predicted octanol–water partition coefficient (Wildman–Crippen LogP) is 3.05. The summed E-state index contributed by atoms with van der Waals surface area (Å²) in [5, 5.41) is 6.14. The number of rotatable bonds is 9. The monoisotopic (exact) mass is 490 g/mol. The molecule has 2 N–H and O–H groups in total. The molecule has 0 radical (unpaired) electrons. The summed E-state index contributed by atoms with van der Waals surface area (Å²) in [6.07, 6.45) is 0. The molecule has 1 aromatic rings. The van der Waals surface area contributed by atoms with E-state index in [2.05, 4.69) is 22.5 Å². The Balaban J connectivity index is 0.00000676. The van der Waals surface area contributed by atoms with Gasteiger partial charge in [-0.25, -0.2) is 0 Å². The second-order valence-corrected chi connectivity index (χ2v) is 7.00. The van der Waals surface area contributed by atoms with Crippen molar-refractivity contribution in [1.29, 1.82) is 0 Å². The van der Waals surface area contributed by atoms with Crippen LogP contribution >= 0.6 is 24.0 Å². The van der Waals surface area contributed by atoms with Crippen LogP contribution in [0.5, 0.6) is 5.75 Å². The summed E-state index contributed by atoms with van der Waals surface area (Å²) in [5.74, 6) is 1.66. The van der Waals surface area contributed by atoms with E-state index < -0.39 is 5.41 Å². The van der Waals surface area contributed by atoms with Crippen LogP contribution < -0.4 is 15.4 Å². The molecule has 0 aromatic heterocycles. The van der Waals surface area contributed by atoms with Crippen molar-refractivity contribution >= 4 is 35.8 Å². The van der Waals surface area contributed by atoms with Gasteiger partial charge < -0.3 is 20.3 Å². The summed E-state index contributed by atoms with van der Waals surface area (Å²) in [6, 6.07) is 8.02. The van der Waals surface area contributed by atoms with E-state index in [1.165, 1.54) is 5.56 Å². The maximum absolute atomic E-state index is 12.1. The van der Waals surface area contributed by atoms with Crippen molar-refractivity contribution in [1.82, 2.24) is 15.5 Å². The topological polar surface area (TPSA) is 66.0 Å². The highest BCUT2D eigenvalue weighted by Crippen LogP contribution is 2.16. The van der Waals surface area contributed by atoms with Gasteiger partial charge >= 0.3 is 0 Å². The zero-order valence-corrected chi connectivity index (χ0v) is 19.8. The quantitative estimate of drug-likeness (QED) is 0.317. The van der Waals surface area contributed by atoms with Crippen LogP contribution in [0.1, 0.15) is 33.3 Å². The first-order valence-electron chi connectivity index (χ1n) is 9.27. The molecule has 1 amide bonds. The smallest absolute Gasteiger partial charge is 0.227 e. The molecular formula is C20H35IN4O2. The number of hydrogen-bond acceptors (Lipinski definition) is 3. The summed E-state index contributed by atoms with van der Waals surface area (Å²) in [5.41, 5.74) is 0.668. The van der Waals surface area contributed by atoms with Gasteiger partial charge in [0.1, 0.15) is 12.4 Å². The highest BCUT2D eigenvalue weighted by atomic mass is 127. The van der Waals surface area contributed by atoms with Gasteiger partial charge in [-0.15, -0.1) is 24.0 Å². The number of carbonyl (C=O) groups excluding carboxylic acids is 1. The molecular weight excluding hydrogens is 455 g/mol. The van der Waals surface area contributed by atoms with Crippen molar-refractivity contribution in [3.8, 4) is 5.75 Å². The molecule has 0 aliphatic heterocycles. The van der Waals surface area contributed by atoms with E-state index in [-0.39, 0.29) is 29.9 Å². The molecule has 1 rings (SSSR count). The maximum Gasteiger partial charge on any atom is 0.227 e. The number of aryl methyl sites for hydroxylation is 1. The van der Waals surface area contributed by atoms with Crippen molar-refractivity contribution in [3.05, 3.63) is 29.8 Å². The highest BCUT2D eigenvalue weighted by Gasteiger charge is 2.27. The maximum atomic E-state index is 12.1. The van der Waals surface area contributed by atoms with Gasteiger partial charge in [-0.1, -0.05) is 17.7 Å². The van der Waals surface area contributed by atoms with E-state index in [1.54, 1.807) is 0 Å². The van der Waals surface area contributed by atoms with E-state index in [1.807, 2.05) is 63.9 Å². The molecule has 0 aliphatic carbocycles. The molecule has 1 aromatic carbocycles. The first-order chi connectivity index (χ1) is 12.3. The Morgan fingerprint density at radius 2 is 1.74 bits per heavy atom. The Kier molecular flexibility index (Phi) is 12.1. The fourth-order valence-corrected chi connectivity index (χ4v) is 2.25. The Morgan fingerprint density at radius 1 is 1.15 bits per heavy atom. The van der Waals surface area contributed by atoms with Crippen molar-refractivity contribution < 1.29 is 9.53 Å². The SMILES string of the molecule is CCNC(=O)C(C)(C)CN=C(NCC)N(C)CCOc1ccc(C)cc1.I. The van der Waals surface area contributed by atoms with Crippen LogP contribution in [0, 0.1) is 12.3 Å². The average molecular weight is 490 g/mol. The summed E-state index contributed by atoms with van der Waals surface area (Å²) in [7, 11) is 1.97. The van der Waals surface area contributed by atoms with E-state index in [0.717, 1.165) is 18.3 Å². The number of likely N-dealkylation sites (N-methyl/N-ethyl adjacent to an activating group) is 1. The zero-order valence-electron chi connectivity index (χ0n) is 17.5. The predicted molar refractivity (Wildman–Crippen MR) is 123 cm³/mol. The zero-order chi connectivity index (χ0) is 19.6.